The van der Waals surface area contributed by atoms with Crippen molar-refractivity contribution in [3.63, 3.8) is 0 Å². The third kappa shape index (κ3) is 4.40. The van der Waals surface area contributed by atoms with E-state index >= 15 is 0 Å². The van der Waals surface area contributed by atoms with Gasteiger partial charge in [0.25, 0.3) is 0 Å². The van der Waals surface area contributed by atoms with Crippen molar-refractivity contribution in [2.75, 3.05) is 19.8 Å². The first kappa shape index (κ1) is 19.6. The van der Waals surface area contributed by atoms with Crippen molar-refractivity contribution in [3.8, 4) is 0 Å². The Labute approximate surface area is 154 Å². The summed E-state index contributed by atoms with van der Waals surface area (Å²) in [4.78, 5) is 14.5. The van der Waals surface area contributed by atoms with E-state index in [0.29, 0.717) is 18.8 Å². The van der Waals surface area contributed by atoms with Gasteiger partial charge in [0.05, 0.1) is 6.61 Å². The number of amides is 1. The van der Waals surface area contributed by atoms with E-state index in [0.717, 1.165) is 6.42 Å². The van der Waals surface area contributed by atoms with Gasteiger partial charge in [0, 0.05) is 37.6 Å². The van der Waals surface area contributed by atoms with E-state index in [1.807, 2.05) is 0 Å². The number of carbonyl (C=O) groups is 1. The standard InChI is InChI=1S/C18H21F4N3O2/c1-17(8-15(23-24-17)18(20,21)22)16(26)25(9-12-6-7-27-11-12)10-13-4-2-3-5-14(13)19/h2-5,12,24H,6-11H2,1H3. The molecule has 1 amide bonds. The normalized spacial score (nSPS) is 25.2. The molecule has 5 nitrogen and oxygen atoms in total. The predicted molar refractivity (Wildman–Crippen MR) is 90.4 cm³/mol. The average Bonchev–Trinajstić information content (AvgIpc) is 3.25. The SMILES string of the molecule is CC1(C(=O)N(Cc2ccccc2F)CC2CCOC2)CC(C(F)(F)F)=NN1. The molecule has 0 bridgehead atoms. The van der Waals surface area contributed by atoms with Gasteiger partial charge >= 0.3 is 6.18 Å². The summed E-state index contributed by atoms with van der Waals surface area (Å²) in [6, 6.07) is 6.04. The van der Waals surface area contributed by atoms with Crippen LogP contribution in [0.3, 0.4) is 0 Å². The molecule has 2 aliphatic rings. The van der Waals surface area contributed by atoms with Gasteiger partial charge < -0.3 is 9.64 Å². The molecular formula is C18H21F4N3O2. The van der Waals surface area contributed by atoms with Gasteiger partial charge in [-0.25, -0.2) is 4.39 Å². The zero-order chi connectivity index (χ0) is 19.7. The molecule has 2 aliphatic heterocycles. The zero-order valence-corrected chi connectivity index (χ0v) is 14.9. The molecule has 2 unspecified atom stereocenters. The Kier molecular flexibility index (Phi) is 5.41. The summed E-state index contributed by atoms with van der Waals surface area (Å²) in [5.74, 6) is -0.941. The first-order chi connectivity index (χ1) is 12.7. The van der Waals surface area contributed by atoms with Gasteiger partial charge in [-0.15, -0.1) is 0 Å². The van der Waals surface area contributed by atoms with Crippen LogP contribution in [0, 0.1) is 11.7 Å². The van der Waals surface area contributed by atoms with E-state index in [9.17, 15) is 22.4 Å². The van der Waals surface area contributed by atoms with Crippen molar-refractivity contribution in [2.45, 2.75) is 38.0 Å². The van der Waals surface area contributed by atoms with Crippen LogP contribution in [0.15, 0.2) is 29.4 Å². The van der Waals surface area contributed by atoms with E-state index in [-0.39, 0.29) is 19.0 Å². The second-order valence-corrected chi connectivity index (χ2v) is 7.18. The minimum Gasteiger partial charge on any atom is -0.381 e. The molecule has 0 saturated carbocycles. The summed E-state index contributed by atoms with van der Waals surface area (Å²) in [5, 5.41) is 3.32. The van der Waals surface area contributed by atoms with Crippen molar-refractivity contribution in [1.29, 1.82) is 0 Å². The highest BCUT2D eigenvalue weighted by Gasteiger charge is 2.49. The smallest absolute Gasteiger partial charge is 0.381 e. The number of nitrogens with one attached hydrogen (secondary N) is 1. The van der Waals surface area contributed by atoms with Crippen molar-refractivity contribution in [2.24, 2.45) is 11.0 Å². The number of carbonyl (C=O) groups excluding carboxylic acids is 1. The number of nitrogens with zero attached hydrogens (tertiary/aromatic N) is 2. The van der Waals surface area contributed by atoms with Crippen LogP contribution >= 0.6 is 0 Å². The summed E-state index contributed by atoms with van der Waals surface area (Å²) in [6.45, 7) is 2.68. The number of rotatable bonds is 5. The fourth-order valence-corrected chi connectivity index (χ4v) is 3.33. The van der Waals surface area contributed by atoms with E-state index in [4.69, 9.17) is 4.74 Å². The maximum Gasteiger partial charge on any atom is 0.431 e. The molecule has 1 aromatic rings. The highest BCUT2D eigenvalue weighted by atomic mass is 19.4. The summed E-state index contributed by atoms with van der Waals surface area (Å²) < 4.78 is 58.2. The molecule has 1 fully saturated rings. The average molecular weight is 387 g/mol. The van der Waals surface area contributed by atoms with E-state index in [1.54, 1.807) is 18.2 Å². The minimum atomic E-state index is -4.60. The number of hydrazone groups is 1. The second kappa shape index (κ2) is 7.46. The maximum absolute atomic E-state index is 14.1. The van der Waals surface area contributed by atoms with E-state index in [2.05, 4.69) is 10.5 Å². The molecule has 1 saturated heterocycles. The van der Waals surface area contributed by atoms with E-state index < -0.39 is 35.6 Å². The van der Waals surface area contributed by atoms with Crippen LogP contribution in [0.25, 0.3) is 0 Å². The van der Waals surface area contributed by atoms with Crippen LogP contribution in [-0.2, 0) is 16.1 Å². The minimum absolute atomic E-state index is 0.0272. The molecule has 2 heterocycles. The highest BCUT2D eigenvalue weighted by Crippen LogP contribution is 2.30. The van der Waals surface area contributed by atoms with Gasteiger partial charge in [0.1, 0.15) is 17.1 Å². The van der Waals surface area contributed by atoms with Gasteiger partial charge in [-0.1, -0.05) is 18.2 Å². The Bertz CT molecular complexity index is 732. The largest absolute Gasteiger partial charge is 0.431 e. The molecule has 27 heavy (non-hydrogen) atoms. The van der Waals surface area contributed by atoms with Crippen LogP contribution in [-0.4, -0.2) is 48.0 Å². The van der Waals surface area contributed by atoms with Crippen molar-refractivity contribution in [3.05, 3.63) is 35.6 Å². The van der Waals surface area contributed by atoms with Crippen molar-refractivity contribution >= 4 is 11.6 Å². The van der Waals surface area contributed by atoms with Crippen molar-refractivity contribution < 1.29 is 27.1 Å². The fraction of sp³-hybridized carbons (Fsp3) is 0.556. The highest BCUT2D eigenvalue weighted by molar-refractivity contribution is 5.99. The Morgan fingerprint density at radius 2 is 2.15 bits per heavy atom. The number of alkyl halides is 3. The van der Waals surface area contributed by atoms with Crippen LogP contribution in [0.1, 0.15) is 25.3 Å². The zero-order valence-electron chi connectivity index (χ0n) is 14.9. The van der Waals surface area contributed by atoms with Gasteiger partial charge in [-0.05, 0) is 19.4 Å². The molecule has 0 aliphatic carbocycles. The Balaban J connectivity index is 1.79. The molecule has 1 N–H and O–H groups in total. The van der Waals surface area contributed by atoms with Crippen molar-refractivity contribution in [1.82, 2.24) is 10.3 Å². The number of benzene rings is 1. The molecular weight excluding hydrogens is 366 g/mol. The Hall–Kier alpha value is -2.16. The van der Waals surface area contributed by atoms with Crippen LogP contribution in [0.5, 0.6) is 0 Å². The van der Waals surface area contributed by atoms with Gasteiger partial charge in [-0.3, -0.25) is 10.2 Å². The van der Waals surface area contributed by atoms with Crippen LogP contribution < -0.4 is 5.43 Å². The summed E-state index contributed by atoms with van der Waals surface area (Å²) >= 11 is 0. The van der Waals surface area contributed by atoms with Gasteiger partial charge in [0.2, 0.25) is 5.91 Å². The maximum atomic E-state index is 14.1. The number of ether oxygens (including phenoxy) is 1. The molecule has 1 aromatic carbocycles. The van der Waals surface area contributed by atoms with Crippen LogP contribution in [0.4, 0.5) is 17.6 Å². The number of hydrogen-bond donors (Lipinski definition) is 1. The molecule has 148 valence electrons. The number of halogens is 4. The molecule has 0 aromatic heterocycles. The lowest BCUT2D eigenvalue weighted by Gasteiger charge is -2.33. The van der Waals surface area contributed by atoms with E-state index in [1.165, 1.54) is 17.9 Å². The first-order valence-electron chi connectivity index (χ1n) is 8.70. The second-order valence-electron chi connectivity index (χ2n) is 7.18. The molecule has 0 spiro atoms. The third-order valence-electron chi connectivity index (χ3n) is 4.87. The lowest BCUT2D eigenvalue weighted by atomic mass is 9.94. The third-order valence-corrected chi connectivity index (χ3v) is 4.87. The molecule has 9 heteroatoms. The summed E-state index contributed by atoms with van der Waals surface area (Å²) in [6.07, 6.45) is -4.42. The van der Waals surface area contributed by atoms with Crippen LogP contribution in [0.2, 0.25) is 0 Å². The predicted octanol–water partition coefficient (Wildman–Crippen LogP) is 2.86. The fourth-order valence-electron chi connectivity index (χ4n) is 3.33. The summed E-state index contributed by atoms with van der Waals surface area (Å²) in [5.41, 5.74) is 0.117. The van der Waals surface area contributed by atoms with Gasteiger partial charge in [0.15, 0.2) is 0 Å². The molecule has 0 radical (unpaired) electrons. The lowest BCUT2D eigenvalue weighted by Crippen LogP contribution is -2.53. The van der Waals surface area contributed by atoms with Gasteiger partial charge in [-0.2, -0.15) is 18.3 Å². The summed E-state index contributed by atoms with van der Waals surface area (Å²) in [7, 11) is 0. The molecule has 3 rings (SSSR count). The number of hydrogen-bond acceptors (Lipinski definition) is 4. The topological polar surface area (TPSA) is 53.9 Å². The first-order valence-corrected chi connectivity index (χ1v) is 8.70. The Morgan fingerprint density at radius 3 is 2.74 bits per heavy atom. The lowest BCUT2D eigenvalue weighted by molar-refractivity contribution is -0.138. The Morgan fingerprint density at radius 1 is 1.41 bits per heavy atom. The quantitative estimate of drug-likeness (QED) is 0.791. The molecule has 2 atom stereocenters. The monoisotopic (exact) mass is 387 g/mol.